The van der Waals surface area contributed by atoms with Crippen LogP contribution in [0.25, 0.3) is 10.9 Å². The third-order valence-corrected chi connectivity index (χ3v) is 6.96. The van der Waals surface area contributed by atoms with Crippen LogP contribution in [-0.2, 0) is 19.5 Å². The van der Waals surface area contributed by atoms with E-state index in [1.807, 2.05) is 35.9 Å². The molecule has 176 valence electrons. The Labute approximate surface area is 199 Å². The Kier molecular flexibility index (Phi) is 6.81. The molecular weight excluding hydrogens is 424 g/mol. The van der Waals surface area contributed by atoms with E-state index < -0.39 is 0 Å². The van der Waals surface area contributed by atoms with Crippen LogP contribution in [0.3, 0.4) is 0 Å². The number of H-pyrrole nitrogens is 1. The van der Waals surface area contributed by atoms with E-state index in [0.29, 0.717) is 19.1 Å². The van der Waals surface area contributed by atoms with Gasteiger partial charge in [-0.1, -0.05) is 67.8 Å². The van der Waals surface area contributed by atoms with Gasteiger partial charge in [0.2, 0.25) is 0 Å². The molecule has 2 aromatic carbocycles. The topological polar surface area (TPSA) is 79.7 Å². The number of tetrazole rings is 1. The fourth-order valence-corrected chi connectivity index (χ4v) is 5.06. The molecule has 2 heterocycles. The highest BCUT2D eigenvalue weighted by Crippen LogP contribution is 2.28. The molecule has 0 spiro atoms. The number of para-hydroxylation sites is 1. The van der Waals surface area contributed by atoms with E-state index in [1.54, 1.807) is 0 Å². The quantitative estimate of drug-likeness (QED) is 0.420. The molecule has 0 aliphatic heterocycles. The Balaban J connectivity index is 1.41. The van der Waals surface area contributed by atoms with Crippen molar-refractivity contribution in [1.82, 2.24) is 30.1 Å². The van der Waals surface area contributed by atoms with Gasteiger partial charge in [-0.3, -0.25) is 9.69 Å². The normalized spacial score (nSPS) is 14.8. The summed E-state index contributed by atoms with van der Waals surface area (Å²) in [7, 11) is 0. The summed E-state index contributed by atoms with van der Waals surface area (Å²) in [5, 5.41) is 13.8. The summed E-state index contributed by atoms with van der Waals surface area (Å²) in [5.41, 5.74) is 4.01. The molecule has 0 bridgehead atoms. The number of aromatic nitrogens is 5. The molecule has 5 rings (SSSR count). The summed E-state index contributed by atoms with van der Waals surface area (Å²) >= 11 is 0. The molecule has 34 heavy (non-hydrogen) atoms. The highest BCUT2D eigenvalue weighted by Gasteiger charge is 2.22. The molecule has 1 N–H and O–H groups in total. The summed E-state index contributed by atoms with van der Waals surface area (Å²) in [4.78, 5) is 18.4. The molecular formula is C27H32N6O. The predicted octanol–water partition coefficient (Wildman–Crippen LogP) is 4.57. The maximum atomic E-state index is 13.0. The molecule has 1 saturated carbocycles. The van der Waals surface area contributed by atoms with Crippen molar-refractivity contribution in [2.75, 3.05) is 6.54 Å². The van der Waals surface area contributed by atoms with E-state index in [1.165, 1.54) is 24.8 Å². The number of nitrogens with one attached hydrogen (secondary N) is 1. The van der Waals surface area contributed by atoms with Gasteiger partial charge in [-0.15, -0.1) is 5.10 Å². The van der Waals surface area contributed by atoms with Crippen LogP contribution in [0.5, 0.6) is 0 Å². The molecule has 7 nitrogen and oxygen atoms in total. The fourth-order valence-electron chi connectivity index (χ4n) is 5.06. The minimum atomic E-state index is -0.0293. The second-order valence-electron chi connectivity index (χ2n) is 9.44. The number of aryl methyl sites for hydroxylation is 1. The zero-order valence-corrected chi connectivity index (χ0v) is 19.8. The predicted molar refractivity (Wildman–Crippen MR) is 134 cm³/mol. The highest BCUT2D eigenvalue weighted by atomic mass is 16.1. The monoisotopic (exact) mass is 456 g/mol. The molecule has 0 saturated heterocycles. The smallest absolute Gasteiger partial charge is 0.252 e. The second-order valence-corrected chi connectivity index (χ2v) is 9.44. The lowest BCUT2D eigenvalue weighted by Crippen LogP contribution is -2.30. The van der Waals surface area contributed by atoms with Crippen LogP contribution in [0.2, 0.25) is 0 Å². The zero-order chi connectivity index (χ0) is 23.3. The van der Waals surface area contributed by atoms with Gasteiger partial charge in [0.15, 0.2) is 5.82 Å². The standard InChI is InChI=1S/C27H32N6O/c1-20-9-8-12-22-17-23(27(34)28-26(20)22)18-32(16-15-21-10-4-2-5-11-21)19-25-29-30-31-33(25)24-13-6-3-7-14-24/h2,4-5,8-12,17,24H,3,6-7,13-16,18-19H2,1H3,(H,28,34). The lowest BCUT2D eigenvalue weighted by molar-refractivity contribution is 0.235. The fraction of sp³-hybridized carbons (Fsp3) is 0.407. The molecule has 4 aromatic rings. The second kappa shape index (κ2) is 10.3. The van der Waals surface area contributed by atoms with Crippen LogP contribution in [0.1, 0.15) is 60.7 Å². The maximum Gasteiger partial charge on any atom is 0.252 e. The van der Waals surface area contributed by atoms with Crippen molar-refractivity contribution in [3.8, 4) is 0 Å². The molecule has 0 radical (unpaired) electrons. The van der Waals surface area contributed by atoms with Crippen LogP contribution in [0.4, 0.5) is 0 Å². The summed E-state index contributed by atoms with van der Waals surface area (Å²) < 4.78 is 2.03. The first-order valence-corrected chi connectivity index (χ1v) is 12.3. The van der Waals surface area contributed by atoms with Crippen molar-refractivity contribution < 1.29 is 0 Å². The molecule has 1 fully saturated rings. The van der Waals surface area contributed by atoms with E-state index >= 15 is 0 Å². The SMILES string of the molecule is Cc1cccc2cc(CN(CCc3ccccc3)Cc3nnnn3C3CCCCC3)c(=O)[nH]c12. The van der Waals surface area contributed by atoms with E-state index in [4.69, 9.17) is 0 Å². The van der Waals surface area contributed by atoms with Crippen LogP contribution in [-0.4, -0.2) is 36.6 Å². The number of hydrogen-bond donors (Lipinski definition) is 1. The number of rotatable bonds is 8. The van der Waals surface area contributed by atoms with Gasteiger partial charge in [0.05, 0.1) is 18.1 Å². The summed E-state index contributed by atoms with van der Waals surface area (Å²) in [5.74, 6) is 0.882. The lowest BCUT2D eigenvalue weighted by Gasteiger charge is -2.25. The van der Waals surface area contributed by atoms with Gasteiger partial charge in [0, 0.05) is 18.7 Å². The number of benzene rings is 2. The number of nitrogens with zero attached hydrogens (tertiary/aromatic N) is 5. The van der Waals surface area contributed by atoms with E-state index in [-0.39, 0.29) is 5.56 Å². The molecule has 1 aliphatic carbocycles. The van der Waals surface area contributed by atoms with Crippen molar-refractivity contribution in [2.24, 2.45) is 0 Å². The van der Waals surface area contributed by atoms with Crippen molar-refractivity contribution >= 4 is 10.9 Å². The van der Waals surface area contributed by atoms with Crippen LogP contribution >= 0.6 is 0 Å². The summed E-state index contributed by atoms with van der Waals surface area (Å²) in [6.07, 6.45) is 6.91. The first-order valence-electron chi connectivity index (χ1n) is 12.3. The minimum absolute atomic E-state index is 0.0293. The van der Waals surface area contributed by atoms with Crippen LogP contribution in [0, 0.1) is 6.92 Å². The van der Waals surface area contributed by atoms with Gasteiger partial charge in [-0.05, 0) is 59.2 Å². The van der Waals surface area contributed by atoms with Crippen LogP contribution < -0.4 is 5.56 Å². The molecule has 7 heteroatoms. The van der Waals surface area contributed by atoms with Gasteiger partial charge in [0.25, 0.3) is 5.56 Å². The average molecular weight is 457 g/mol. The highest BCUT2D eigenvalue weighted by molar-refractivity contribution is 5.81. The Hall–Kier alpha value is -3.32. The first kappa shape index (κ1) is 22.5. The summed E-state index contributed by atoms with van der Waals surface area (Å²) in [6.45, 7) is 3.99. The van der Waals surface area contributed by atoms with Gasteiger partial charge in [-0.25, -0.2) is 4.68 Å². The minimum Gasteiger partial charge on any atom is -0.321 e. The van der Waals surface area contributed by atoms with Gasteiger partial charge in [0.1, 0.15) is 0 Å². The Morgan fingerprint density at radius 1 is 1.03 bits per heavy atom. The number of hydrogen-bond acceptors (Lipinski definition) is 5. The average Bonchev–Trinajstić information content (AvgIpc) is 3.33. The van der Waals surface area contributed by atoms with Crippen molar-refractivity contribution in [3.63, 3.8) is 0 Å². The third kappa shape index (κ3) is 5.09. The Bertz CT molecular complexity index is 1290. The third-order valence-electron chi connectivity index (χ3n) is 6.96. The van der Waals surface area contributed by atoms with E-state index in [2.05, 4.69) is 55.7 Å². The largest absolute Gasteiger partial charge is 0.321 e. The lowest BCUT2D eigenvalue weighted by atomic mass is 9.95. The van der Waals surface area contributed by atoms with Crippen molar-refractivity contribution in [1.29, 1.82) is 0 Å². The van der Waals surface area contributed by atoms with E-state index in [9.17, 15) is 4.79 Å². The van der Waals surface area contributed by atoms with Crippen molar-refractivity contribution in [2.45, 2.75) is 64.6 Å². The van der Waals surface area contributed by atoms with Gasteiger partial charge in [-0.2, -0.15) is 0 Å². The molecule has 0 unspecified atom stereocenters. The number of pyridine rings is 1. The van der Waals surface area contributed by atoms with E-state index in [0.717, 1.165) is 53.7 Å². The van der Waals surface area contributed by atoms with Gasteiger partial charge >= 0.3 is 0 Å². The molecule has 0 amide bonds. The van der Waals surface area contributed by atoms with Crippen molar-refractivity contribution in [3.05, 3.63) is 87.5 Å². The van der Waals surface area contributed by atoms with Gasteiger partial charge < -0.3 is 4.98 Å². The maximum absolute atomic E-state index is 13.0. The Morgan fingerprint density at radius 2 is 1.85 bits per heavy atom. The Morgan fingerprint density at radius 3 is 2.68 bits per heavy atom. The molecule has 0 atom stereocenters. The zero-order valence-electron chi connectivity index (χ0n) is 19.8. The first-order chi connectivity index (χ1) is 16.7. The number of fused-ring (bicyclic) bond motifs is 1. The molecule has 1 aliphatic rings. The summed E-state index contributed by atoms with van der Waals surface area (Å²) in [6, 6.07) is 19.0. The number of aromatic amines is 1. The molecule has 2 aromatic heterocycles. The van der Waals surface area contributed by atoms with Crippen LogP contribution in [0.15, 0.2) is 59.4 Å².